The van der Waals surface area contributed by atoms with E-state index in [1.165, 1.54) is 42.9 Å². The van der Waals surface area contributed by atoms with Crippen molar-refractivity contribution < 1.29 is 8.78 Å². The lowest BCUT2D eigenvalue weighted by Gasteiger charge is -2.14. The number of imidazole rings is 1. The summed E-state index contributed by atoms with van der Waals surface area (Å²) in [7, 11) is 0. The number of nitrogens with one attached hydrogen (secondary N) is 3. The normalized spacial score (nSPS) is 11.0. The molecule has 142 valence electrons. The zero-order valence-electron chi connectivity index (χ0n) is 14.7. The van der Waals surface area contributed by atoms with Crippen LogP contribution in [0.25, 0.3) is 22.4 Å². The van der Waals surface area contributed by atoms with Gasteiger partial charge in [-0.15, -0.1) is 0 Å². The van der Waals surface area contributed by atoms with Crippen molar-refractivity contribution in [2.24, 2.45) is 0 Å². The second kappa shape index (κ2) is 7.77. The Kier molecular flexibility index (Phi) is 5.02. The minimum absolute atomic E-state index is 0.186. The van der Waals surface area contributed by atoms with Crippen LogP contribution < -0.4 is 10.0 Å². The van der Waals surface area contributed by atoms with Crippen LogP contribution >= 0.6 is 11.9 Å². The van der Waals surface area contributed by atoms with Gasteiger partial charge in [-0.25, -0.2) is 28.7 Å². The zero-order valence-corrected chi connectivity index (χ0v) is 15.5. The van der Waals surface area contributed by atoms with Crippen LogP contribution in [0.5, 0.6) is 0 Å². The number of nitrogens with zero attached hydrogens (tertiary/aromatic N) is 4. The van der Waals surface area contributed by atoms with Crippen molar-refractivity contribution in [1.82, 2.24) is 24.9 Å². The molecule has 0 spiro atoms. The van der Waals surface area contributed by atoms with E-state index in [9.17, 15) is 8.78 Å². The van der Waals surface area contributed by atoms with E-state index in [1.807, 2.05) is 6.92 Å². The second-order valence-electron chi connectivity index (χ2n) is 5.67. The smallest absolute Gasteiger partial charge is 0.181 e. The lowest BCUT2D eigenvalue weighted by Crippen LogP contribution is -2.04. The molecule has 7 nitrogen and oxygen atoms in total. The van der Waals surface area contributed by atoms with Gasteiger partial charge in [-0.1, -0.05) is 18.9 Å². The first-order valence-electron chi connectivity index (χ1n) is 8.41. The Balaban J connectivity index is 1.78. The van der Waals surface area contributed by atoms with Gasteiger partial charge in [0.05, 0.1) is 12.0 Å². The van der Waals surface area contributed by atoms with Gasteiger partial charge in [-0.05, 0) is 24.3 Å². The fraction of sp³-hybridized carbons (Fsp3) is 0.111. The van der Waals surface area contributed by atoms with E-state index in [4.69, 9.17) is 0 Å². The van der Waals surface area contributed by atoms with Gasteiger partial charge in [-0.2, -0.15) is 0 Å². The quantitative estimate of drug-likeness (QED) is 0.411. The summed E-state index contributed by atoms with van der Waals surface area (Å²) in [5, 5.41) is 2.78. The number of aromatic nitrogens is 5. The molecule has 1 aromatic carbocycles. The van der Waals surface area contributed by atoms with Crippen molar-refractivity contribution in [3.63, 3.8) is 0 Å². The Hall–Kier alpha value is -3.27. The molecule has 0 saturated carbocycles. The van der Waals surface area contributed by atoms with Crippen molar-refractivity contribution in [3.05, 3.63) is 54.8 Å². The highest BCUT2D eigenvalue weighted by molar-refractivity contribution is 8.00. The molecule has 0 unspecified atom stereocenters. The Morgan fingerprint density at radius 3 is 2.86 bits per heavy atom. The van der Waals surface area contributed by atoms with Gasteiger partial charge < -0.3 is 15.0 Å². The first-order valence-corrected chi connectivity index (χ1v) is 9.40. The lowest BCUT2D eigenvalue weighted by atomic mass is 10.1. The standard InChI is InChI=1S/C18H15F2N7S/c1-2-28-27-12-6-5-11(19)15(13(12)20)26-17-10(4-3-7-21-17)14-16-18(24-8-22-14)25-9-23-16/h3-9,27H,2H2,1H3,(H,21,26)(H,22,23,24,25). The summed E-state index contributed by atoms with van der Waals surface area (Å²) in [5.41, 5.74) is 2.06. The summed E-state index contributed by atoms with van der Waals surface area (Å²) in [6, 6.07) is 6.02. The van der Waals surface area contributed by atoms with Crippen LogP contribution in [0.15, 0.2) is 43.1 Å². The van der Waals surface area contributed by atoms with Crippen LogP contribution in [0.3, 0.4) is 0 Å². The topological polar surface area (TPSA) is 91.4 Å². The molecule has 0 aliphatic carbocycles. The number of rotatable bonds is 6. The minimum Gasteiger partial charge on any atom is -0.341 e. The fourth-order valence-electron chi connectivity index (χ4n) is 2.68. The molecular formula is C18H15F2N7S. The molecule has 4 aromatic rings. The van der Waals surface area contributed by atoms with E-state index in [2.05, 4.69) is 35.0 Å². The van der Waals surface area contributed by atoms with Gasteiger partial charge in [0, 0.05) is 17.5 Å². The molecule has 0 aliphatic rings. The van der Waals surface area contributed by atoms with Crippen LogP contribution in [0.1, 0.15) is 6.92 Å². The van der Waals surface area contributed by atoms with Crippen LogP contribution in [0, 0.1) is 11.6 Å². The number of hydrogen-bond acceptors (Lipinski definition) is 7. The number of halogens is 2. The minimum atomic E-state index is -0.730. The average Bonchev–Trinajstić information content (AvgIpc) is 3.20. The highest BCUT2D eigenvalue weighted by Crippen LogP contribution is 2.34. The Bertz CT molecular complexity index is 1130. The molecule has 0 bridgehead atoms. The molecule has 0 atom stereocenters. The van der Waals surface area contributed by atoms with Crippen LogP contribution in [0.2, 0.25) is 0 Å². The highest BCUT2D eigenvalue weighted by Gasteiger charge is 2.18. The molecular weight excluding hydrogens is 384 g/mol. The van der Waals surface area contributed by atoms with Gasteiger partial charge in [0.1, 0.15) is 34.9 Å². The van der Waals surface area contributed by atoms with E-state index in [0.717, 1.165) is 5.75 Å². The summed E-state index contributed by atoms with van der Waals surface area (Å²) < 4.78 is 32.1. The van der Waals surface area contributed by atoms with Crippen molar-refractivity contribution >= 4 is 40.3 Å². The Labute approximate surface area is 163 Å². The number of anilines is 3. The molecule has 0 aliphatic heterocycles. The van der Waals surface area contributed by atoms with Crippen molar-refractivity contribution in [3.8, 4) is 11.3 Å². The summed E-state index contributed by atoms with van der Waals surface area (Å²) in [6.45, 7) is 1.93. The number of fused-ring (bicyclic) bond motifs is 1. The lowest BCUT2D eigenvalue weighted by molar-refractivity contribution is 0.593. The van der Waals surface area contributed by atoms with Crippen LogP contribution in [-0.4, -0.2) is 30.7 Å². The molecule has 0 saturated heterocycles. The molecule has 0 fully saturated rings. The maximum atomic E-state index is 14.8. The first-order chi connectivity index (χ1) is 13.7. The number of hydrogen-bond donors (Lipinski definition) is 3. The van der Waals surface area contributed by atoms with E-state index in [1.54, 1.807) is 12.1 Å². The largest absolute Gasteiger partial charge is 0.341 e. The summed E-state index contributed by atoms with van der Waals surface area (Å²) in [5.74, 6) is -0.463. The first kappa shape index (κ1) is 18.1. The molecule has 3 aromatic heterocycles. The van der Waals surface area contributed by atoms with E-state index in [-0.39, 0.29) is 17.2 Å². The Morgan fingerprint density at radius 1 is 1.11 bits per heavy atom. The molecule has 4 rings (SSSR count). The van der Waals surface area contributed by atoms with Crippen molar-refractivity contribution in [2.75, 3.05) is 15.8 Å². The van der Waals surface area contributed by atoms with Crippen molar-refractivity contribution in [2.45, 2.75) is 6.92 Å². The molecule has 0 amide bonds. The Morgan fingerprint density at radius 2 is 2.00 bits per heavy atom. The van der Waals surface area contributed by atoms with Gasteiger partial charge in [-0.3, -0.25) is 0 Å². The van der Waals surface area contributed by atoms with E-state index in [0.29, 0.717) is 22.4 Å². The van der Waals surface area contributed by atoms with Gasteiger partial charge in [0.15, 0.2) is 11.5 Å². The number of pyridine rings is 1. The zero-order chi connectivity index (χ0) is 19.5. The third-order valence-electron chi connectivity index (χ3n) is 3.95. The molecule has 3 heterocycles. The van der Waals surface area contributed by atoms with Crippen LogP contribution in [0.4, 0.5) is 26.0 Å². The average molecular weight is 399 g/mol. The predicted octanol–water partition coefficient (Wildman–Crippen LogP) is 4.52. The fourth-order valence-corrected chi connectivity index (χ4v) is 3.14. The molecule has 10 heteroatoms. The SMILES string of the molecule is CCSNc1ccc(F)c(Nc2ncccc2-c2ncnc3nc[nH]c23)c1F. The monoisotopic (exact) mass is 399 g/mol. The third-order valence-corrected chi connectivity index (χ3v) is 4.60. The summed E-state index contributed by atoms with van der Waals surface area (Å²) >= 11 is 1.31. The molecule has 3 N–H and O–H groups in total. The number of benzene rings is 1. The van der Waals surface area contributed by atoms with Gasteiger partial charge >= 0.3 is 0 Å². The summed E-state index contributed by atoms with van der Waals surface area (Å²) in [4.78, 5) is 19.7. The second-order valence-corrected chi connectivity index (χ2v) is 6.74. The molecule has 28 heavy (non-hydrogen) atoms. The predicted molar refractivity (Wildman–Crippen MR) is 106 cm³/mol. The summed E-state index contributed by atoms with van der Waals surface area (Å²) in [6.07, 6.45) is 4.41. The third kappa shape index (κ3) is 3.33. The maximum absolute atomic E-state index is 14.8. The van der Waals surface area contributed by atoms with Gasteiger partial charge in [0.2, 0.25) is 0 Å². The van der Waals surface area contributed by atoms with E-state index >= 15 is 0 Å². The number of H-pyrrole nitrogens is 1. The maximum Gasteiger partial charge on any atom is 0.181 e. The highest BCUT2D eigenvalue weighted by atomic mass is 32.2. The van der Waals surface area contributed by atoms with Crippen molar-refractivity contribution in [1.29, 1.82) is 0 Å². The van der Waals surface area contributed by atoms with E-state index < -0.39 is 11.6 Å². The van der Waals surface area contributed by atoms with Gasteiger partial charge in [0.25, 0.3) is 0 Å². The van der Waals surface area contributed by atoms with Crippen LogP contribution in [-0.2, 0) is 0 Å². The molecule has 0 radical (unpaired) electrons. The number of aromatic amines is 1.